The number of amides is 2. The zero-order valence-corrected chi connectivity index (χ0v) is 10.2. The van der Waals surface area contributed by atoms with E-state index in [9.17, 15) is 14.7 Å². The maximum absolute atomic E-state index is 12.0. The number of carbonyl (C=O) groups is 2. The highest BCUT2D eigenvalue weighted by molar-refractivity contribution is 6.05. The van der Waals surface area contributed by atoms with Crippen LogP contribution in [0.3, 0.4) is 0 Å². The Bertz CT molecular complexity index is 297. The van der Waals surface area contributed by atoms with Gasteiger partial charge in [0.15, 0.2) is 0 Å². The minimum absolute atomic E-state index is 0.0759. The largest absolute Gasteiger partial charge is 0.390 e. The number of likely N-dealkylation sites (tertiary alicyclic amines) is 1. The van der Waals surface area contributed by atoms with Gasteiger partial charge in [0.05, 0.1) is 24.5 Å². The van der Waals surface area contributed by atoms with Gasteiger partial charge < -0.3 is 10.4 Å². The number of fused-ring (bicyclic) bond motifs is 1. The predicted octanol–water partition coefficient (Wildman–Crippen LogP) is -0.258. The summed E-state index contributed by atoms with van der Waals surface area (Å²) in [6.07, 6.45) is 1.96. The summed E-state index contributed by atoms with van der Waals surface area (Å²) in [5.41, 5.74) is 0. The lowest BCUT2D eigenvalue weighted by atomic mass is 10.00. The molecule has 3 atom stereocenters. The molecule has 2 rings (SSSR count). The second kappa shape index (κ2) is 5.14. The molecule has 1 aliphatic carbocycles. The Labute approximate surface area is 101 Å². The highest BCUT2D eigenvalue weighted by Crippen LogP contribution is 2.39. The summed E-state index contributed by atoms with van der Waals surface area (Å²) in [6.45, 7) is 3.27. The SMILES string of the molecule is CCNCC(O)CN1C(=O)C2CCCC2C1=O. The zero-order valence-electron chi connectivity index (χ0n) is 10.2. The maximum atomic E-state index is 12.0. The number of hydrogen-bond acceptors (Lipinski definition) is 4. The quantitative estimate of drug-likeness (QED) is 0.650. The van der Waals surface area contributed by atoms with Gasteiger partial charge in [0, 0.05) is 6.54 Å². The van der Waals surface area contributed by atoms with Gasteiger partial charge in [0.1, 0.15) is 0 Å². The molecule has 5 heteroatoms. The molecule has 2 aliphatic rings. The second-order valence-electron chi connectivity index (χ2n) is 4.89. The van der Waals surface area contributed by atoms with E-state index in [0.717, 1.165) is 25.8 Å². The van der Waals surface area contributed by atoms with E-state index in [0.29, 0.717) is 6.54 Å². The monoisotopic (exact) mass is 240 g/mol. The predicted molar refractivity (Wildman–Crippen MR) is 62.1 cm³/mol. The number of imide groups is 1. The standard InChI is InChI=1S/C12H20N2O3/c1-2-13-6-8(15)7-14-11(16)9-4-3-5-10(9)12(14)17/h8-10,13,15H,2-7H2,1H3. The number of β-amino-alcohol motifs (C(OH)–C–C–N with tert-alkyl or cyclic N) is 1. The fourth-order valence-corrected chi connectivity index (χ4v) is 2.83. The fourth-order valence-electron chi connectivity index (χ4n) is 2.83. The van der Waals surface area contributed by atoms with Crippen LogP contribution in [0.25, 0.3) is 0 Å². The molecule has 0 aromatic rings. The first-order chi connectivity index (χ1) is 8.15. The van der Waals surface area contributed by atoms with Crippen molar-refractivity contribution in [2.24, 2.45) is 11.8 Å². The highest BCUT2D eigenvalue weighted by Gasteiger charge is 2.49. The number of hydrogen-bond donors (Lipinski definition) is 2. The summed E-state index contributed by atoms with van der Waals surface area (Å²) in [7, 11) is 0. The molecule has 0 bridgehead atoms. The van der Waals surface area contributed by atoms with Crippen LogP contribution in [0, 0.1) is 11.8 Å². The Balaban J connectivity index is 1.93. The molecule has 2 N–H and O–H groups in total. The summed E-state index contributed by atoms with van der Waals surface area (Å²) >= 11 is 0. The van der Waals surface area contributed by atoms with Crippen molar-refractivity contribution >= 4 is 11.8 Å². The van der Waals surface area contributed by atoms with Crippen molar-refractivity contribution in [2.75, 3.05) is 19.6 Å². The second-order valence-corrected chi connectivity index (χ2v) is 4.89. The molecule has 1 saturated carbocycles. The van der Waals surface area contributed by atoms with Gasteiger partial charge in [-0.25, -0.2) is 0 Å². The van der Waals surface area contributed by atoms with Crippen molar-refractivity contribution in [3.63, 3.8) is 0 Å². The van der Waals surface area contributed by atoms with E-state index in [4.69, 9.17) is 0 Å². The molecule has 0 aromatic carbocycles. The van der Waals surface area contributed by atoms with Gasteiger partial charge in [-0.3, -0.25) is 14.5 Å². The number of aliphatic hydroxyl groups excluding tert-OH is 1. The number of nitrogens with zero attached hydrogens (tertiary/aromatic N) is 1. The molecule has 3 unspecified atom stereocenters. The van der Waals surface area contributed by atoms with Gasteiger partial charge in [-0.15, -0.1) is 0 Å². The first-order valence-corrected chi connectivity index (χ1v) is 6.39. The molecule has 1 aliphatic heterocycles. The molecule has 1 saturated heterocycles. The molecule has 2 fully saturated rings. The van der Waals surface area contributed by atoms with Crippen molar-refractivity contribution in [1.29, 1.82) is 0 Å². The molecular weight excluding hydrogens is 220 g/mol. The molecule has 96 valence electrons. The Morgan fingerprint density at radius 3 is 2.47 bits per heavy atom. The molecule has 0 radical (unpaired) electrons. The van der Waals surface area contributed by atoms with Gasteiger partial charge in [0.25, 0.3) is 0 Å². The van der Waals surface area contributed by atoms with Gasteiger partial charge in [0.2, 0.25) is 11.8 Å². The Morgan fingerprint density at radius 1 is 1.35 bits per heavy atom. The highest BCUT2D eigenvalue weighted by atomic mass is 16.3. The summed E-state index contributed by atoms with van der Waals surface area (Å²) in [5.74, 6) is -0.358. The topological polar surface area (TPSA) is 69.6 Å². The number of aliphatic hydroxyl groups is 1. The molecule has 1 heterocycles. The Morgan fingerprint density at radius 2 is 1.94 bits per heavy atom. The van der Waals surface area contributed by atoms with Crippen LogP contribution in [0.2, 0.25) is 0 Å². The molecule has 0 spiro atoms. The third-order valence-electron chi connectivity index (χ3n) is 3.71. The molecule has 2 amide bonds. The van der Waals surface area contributed by atoms with Crippen molar-refractivity contribution in [3.05, 3.63) is 0 Å². The minimum Gasteiger partial charge on any atom is -0.390 e. The third-order valence-corrected chi connectivity index (χ3v) is 3.71. The molecule has 17 heavy (non-hydrogen) atoms. The Hall–Kier alpha value is -0.940. The van der Waals surface area contributed by atoms with Crippen molar-refractivity contribution in [3.8, 4) is 0 Å². The van der Waals surface area contributed by atoms with E-state index in [2.05, 4.69) is 5.32 Å². The number of likely N-dealkylation sites (N-methyl/N-ethyl adjacent to an activating group) is 1. The zero-order chi connectivity index (χ0) is 12.4. The van der Waals surface area contributed by atoms with Gasteiger partial charge in [-0.1, -0.05) is 13.3 Å². The van der Waals surface area contributed by atoms with E-state index in [1.807, 2.05) is 6.92 Å². The lowest BCUT2D eigenvalue weighted by molar-refractivity contribution is -0.141. The van der Waals surface area contributed by atoms with Gasteiger partial charge >= 0.3 is 0 Å². The van der Waals surface area contributed by atoms with Crippen molar-refractivity contribution < 1.29 is 14.7 Å². The lowest BCUT2D eigenvalue weighted by Gasteiger charge is -2.19. The first-order valence-electron chi connectivity index (χ1n) is 6.39. The van der Waals surface area contributed by atoms with Crippen LogP contribution in [0.5, 0.6) is 0 Å². The maximum Gasteiger partial charge on any atom is 0.233 e. The normalized spacial score (nSPS) is 29.9. The average Bonchev–Trinajstić information content (AvgIpc) is 2.87. The van der Waals surface area contributed by atoms with E-state index in [1.165, 1.54) is 4.90 Å². The number of rotatable bonds is 5. The summed E-state index contributed by atoms with van der Waals surface area (Å²) in [5, 5.41) is 12.7. The molecular formula is C12H20N2O3. The molecule has 5 nitrogen and oxygen atoms in total. The van der Waals surface area contributed by atoms with Crippen LogP contribution < -0.4 is 5.32 Å². The van der Waals surface area contributed by atoms with Gasteiger partial charge in [-0.2, -0.15) is 0 Å². The van der Waals surface area contributed by atoms with Crippen LogP contribution in [0.15, 0.2) is 0 Å². The smallest absolute Gasteiger partial charge is 0.233 e. The third kappa shape index (κ3) is 2.35. The Kier molecular flexibility index (Phi) is 3.79. The number of nitrogens with one attached hydrogen (secondary N) is 1. The van der Waals surface area contributed by atoms with Crippen LogP contribution in [-0.4, -0.2) is 47.6 Å². The van der Waals surface area contributed by atoms with Crippen LogP contribution in [0.4, 0.5) is 0 Å². The van der Waals surface area contributed by atoms with Crippen LogP contribution in [0.1, 0.15) is 26.2 Å². The summed E-state index contributed by atoms with van der Waals surface area (Å²) < 4.78 is 0. The lowest BCUT2D eigenvalue weighted by Crippen LogP contribution is -2.42. The minimum atomic E-state index is -0.665. The van der Waals surface area contributed by atoms with E-state index >= 15 is 0 Å². The van der Waals surface area contributed by atoms with E-state index < -0.39 is 6.10 Å². The first kappa shape index (κ1) is 12.5. The molecule has 0 aromatic heterocycles. The summed E-state index contributed by atoms with van der Waals surface area (Å²) in [6, 6.07) is 0. The van der Waals surface area contributed by atoms with Crippen molar-refractivity contribution in [1.82, 2.24) is 10.2 Å². The van der Waals surface area contributed by atoms with E-state index in [1.54, 1.807) is 0 Å². The average molecular weight is 240 g/mol. The van der Waals surface area contributed by atoms with Crippen LogP contribution in [-0.2, 0) is 9.59 Å². The fraction of sp³-hybridized carbons (Fsp3) is 0.833. The number of carbonyl (C=O) groups excluding carboxylic acids is 2. The summed E-state index contributed by atoms with van der Waals surface area (Å²) in [4.78, 5) is 25.2. The van der Waals surface area contributed by atoms with E-state index in [-0.39, 0.29) is 30.2 Å². The van der Waals surface area contributed by atoms with Gasteiger partial charge in [-0.05, 0) is 19.4 Å². The van der Waals surface area contributed by atoms with Crippen LogP contribution >= 0.6 is 0 Å². The van der Waals surface area contributed by atoms with Crippen molar-refractivity contribution in [2.45, 2.75) is 32.3 Å².